The van der Waals surface area contributed by atoms with Crippen molar-refractivity contribution in [2.24, 2.45) is 0 Å². The van der Waals surface area contributed by atoms with Crippen molar-refractivity contribution in [3.63, 3.8) is 0 Å². The highest BCUT2D eigenvalue weighted by Gasteiger charge is 2.32. The lowest BCUT2D eigenvalue weighted by molar-refractivity contribution is 0.0751. The highest BCUT2D eigenvalue weighted by atomic mass is 19.1. The average molecular weight is 340 g/mol. The molecule has 1 fully saturated rings. The summed E-state index contributed by atoms with van der Waals surface area (Å²) in [5.74, 6) is -0.617. The van der Waals surface area contributed by atoms with E-state index in [9.17, 15) is 9.18 Å². The van der Waals surface area contributed by atoms with Crippen LogP contribution in [0.1, 0.15) is 16.8 Å². The monoisotopic (exact) mass is 340 g/mol. The number of carbonyl (C=O) groups is 1. The number of carbonyl (C=O) groups excluding carboxylic acids is 1. The number of halogens is 1. The highest BCUT2D eigenvalue weighted by Crippen LogP contribution is 2.33. The van der Waals surface area contributed by atoms with Crippen molar-refractivity contribution < 1.29 is 23.4 Å². The molecule has 0 aliphatic carbocycles. The van der Waals surface area contributed by atoms with Gasteiger partial charge in [0.25, 0.3) is 5.91 Å². The number of ether oxygens (including phenoxy) is 3. The Morgan fingerprint density at radius 3 is 2.58 bits per heavy atom. The predicted molar refractivity (Wildman–Crippen MR) is 88.3 cm³/mol. The van der Waals surface area contributed by atoms with Crippen molar-refractivity contribution in [1.29, 1.82) is 0 Å². The Labute approximate surface area is 142 Å². The molecule has 1 heterocycles. The number of nitrogens with zero attached hydrogens (tertiary/aromatic N) is 2. The summed E-state index contributed by atoms with van der Waals surface area (Å²) in [5.41, 5.74) is -0.108. The molecule has 1 aliphatic heterocycles. The SMILES string of the molecule is COc1ccc(F)c(C(=O)N(C)C[C@@H]2C[C@H](OC)CN2C)c1OC. The Morgan fingerprint density at radius 1 is 1.33 bits per heavy atom. The fourth-order valence-corrected chi connectivity index (χ4v) is 3.10. The Morgan fingerprint density at radius 2 is 2.04 bits per heavy atom. The lowest BCUT2D eigenvalue weighted by Gasteiger charge is -2.26. The van der Waals surface area contributed by atoms with Gasteiger partial charge >= 0.3 is 0 Å². The quantitative estimate of drug-likeness (QED) is 0.788. The number of amides is 1. The third-order valence-corrected chi connectivity index (χ3v) is 4.52. The zero-order valence-corrected chi connectivity index (χ0v) is 14.8. The van der Waals surface area contributed by atoms with Gasteiger partial charge in [0, 0.05) is 33.3 Å². The van der Waals surface area contributed by atoms with E-state index in [1.807, 2.05) is 7.05 Å². The van der Waals surface area contributed by atoms with E-state index < -0.39 is 11.7 Å². The number of hydrogen-bond acceptors (Lipinski definition) is 5. The third-order valence-electron chi connectivity index (χ3n) is 4.52. The molecule has 0 radical (unpaired) electrons. The van der Waals surface area contributed by atoms with Crippen molar-refractivity contribution in [3.05, 3.63) is 23.5 Å². The van der Waals surface area contributed by atoms with Crippen LogP contribution in [0.15, 0.2) is 12.1 Å². The molecule has 2 atom stereocenters. The molecule has 0 bridgehead atoms. The minimum atomic E-state index is -0.626. The second-order valence-electron chi connectivity index (χ2n) is 6.03. The number of rotatable bonds is 6. The molecule has 24 heavy (non-hydrogen) atoms. The molecular formula is C17H25FN2O4. The molecule has 0 saturated carbocycles. The first kappa shape index (κ1) is 18.5. The van der Waals surface area contributed by atoms with Crippen LogP contribution in [0.4, 0.5) is 4.39 Å². The summed E-state index contributed by atoms with van der Waals surface area (Å²) in [6.45, 7) is 1.30. The van der Waals surface area contributed by atoms with E-state index in [-0.39, 0.29) is 23.5 Å². The second kappa shape index (κ2) is 7.81. The number of benzene rings is 1. The van der Waals surface area contributed by atoms with Gasteiger partial charge < -0.3 is 19.1 Å². The van der Waals surface area contributed by atoms with Gasteiger partial charge in [-0.25, -0.2) is 4.39 Å². The summed E-state index contributed by atoms with van der Waals surface area (Å²) in [4.78, 5) is 16.4. The van der Waals surface area contributed by atoms with E-state index in [0.717, 1.165) is 13.0 Å². The zero-order valence-electron chi connectivity index (χ0n) is 14.8. The van der Waals surface area contributed by atoms with E-state index in [1.54, 1.807) is 14.2 Å². The van der Waals surface area contributed by atoms with Gasteiger partial charge in [0.2, 0.25) is 0 Å². The van der Waals surface area contributed by atoms with Crippen LogP contribution in [0, 0.1) is 5.82 Å². The molecule has 134 valence electrons. The van der Waals surface area contributed by atoms with Gasteiger partial charge in [-0.2, -0.15) is 0 Å². The smallest absolute Gasteiger partial charge is 0.260 e. The van der Waals surface area contributed by atoms with E-state index in [1.165, 1.54) is 31.3 Å². The van der Waals surface area contributed by atoms with Gasteiger partial charge in [-0.05, 0) is 25.6 Å². The van der Waals surface area contributed by atoms with E-state index in [2.05, 4.69) is 4.90 Å². The molecule has 1 amide bonds. The molecule has 7 heteroatoms. The Kier molecular flexibility index (Phi) is 6.01. The fourth-order valence-electron chi connectivity index (χ4n) is 3.10. The van der Waals surface area contributed by atoms with Crippen LogP contribution in [-0.2, 0) is 4.74 Å². The summed E-state index contributed by atoms with van der Waals surface area (Å²) in [6, 6.07) is 2.83. The van der Waals surface area contributed by atoms with Gasteiger partial charge in [0.15, 0.2) is 11.5 Å². The fraction of sp³-hybridized carbons (Fsp3) is 0.588. The number of methoxy groups -OCH3 is 3. The minimum Gasteiger partial charge on any atom is -0.493 e. The van der Waals surface area contributed by atoms with Crippen LogP contribution < -0.4 is 9.47 Å². The van der Waals surface area contributed by atoms with Gasteiger partial charge in [0.1, 0.15) is 11.4 Å². The molecule has 1 aromatic rings. The highest BCUT2D eigenvalue weighted by molar-refractivity contribution is 5.98. The molecule has 1 saturated heterocycles. The molecule has 0 spiro atoms. The van der Waals surface area contributed by atoms with Crippen molar-refractivity contribution in [2.75, 3.05) is 48.5 Å². The Bertz CT molecular complexity index is 596. The Balaban J connectivity index is 2.19. The molecule has 1 aliphatic rings. The second-order valence-corrected chi connectivity index (χ2v) is 6.03. The molecular weight excluding hydrogens is 315 g/mol. The first-order valence-corrected chi connectivity index (χ1v) is 7.81. The molecule has 0 N–H and O–H groups in total. The molecule has 1 aromatic carbocycles. The van der Waals surface area contributed by atoms with Crippen molar-refractivity contribution in [1.82, 2.24) is 9.80 Å². The standard InChI is InChI=1S/C17H25FN2O4/c1-19-10-12(22-3)8-11(19)9-20(2)17(21)15-13(18)6-7-14(23-4)16(15)24-5/h6-7,11-12H,8-10H2,1-5H3/t11-,12-/m0/s1. The Hall–Kier alpha value is -1.86. The van der Waals surface area contributed by atoms with Crippen molar-refractivity contribution in [3.8, 4) is 11.5 Å². The third kappa shape index (κ3) is 3.62. The van der Waals surface area contributed by atoms with Crippen LogP contribution in [-0.4, -0.2) is 76.4 Å². The van der Waals surface area contributed by atoms with Gasteiger partial charge in [-0.3, -0.25) is 9.69 Å². The maximum atomic E-state index is 14.3. The van der Waals surface area contributed by atoms with E-state index >= 15 is 0 Å². The normalized spacial score (nSPS) is 20.9. The largest absolute Gasteiger partial charge is 0.493 e. The topological polar surface area (TPSA) is 51.2 Å². The summed E-state index contributed by atoms with van der Waals surface area (Å²) in [5, 5.41) is 0. The summed E-state index contributed by atoms with van der Waals surface area (Å²) in [7, 11) is 8.18. The maximum absolute atomic E-state index is 14.3. The van der Waals surface area contributed by atoms with Crippen LogP contribution >= 0.6 is 0 Å². The lowest BCUT2D eigenvalue weighted by Crippen LogP contribution is -2.39. The minimum absolute atomic E-state index is 0.108. The summed E-state index contributed by atoms with van der Waals surface area (Å²) in [6.07, 6.45) is 0.995. The van der Waals surface area contributed by atoms with Crippen LogP contribution in [0.5, 0.6) is 11.5 Å². The zero-order chi connectivity index (χ0) is 17.9. The van der Waals surface area contributed by atoms with E-state index in [4.69, 9.17) is 14.2 Å². The molecule has 0 unspecified atom stereocenters. The number of hydrogen-bond donors (Lipinski definition) is 0. The van der Waals surface area contributed by atoms with Gasteiger partial charge in [0.05, 0.1) is 20.3 Å². The van der Waals surface area contributed by atoms with Crippen molar-refractivity contribution >= 4 is 5.91 Å². The average Bonchev–Trinajstić information content (AvgIpc) is 2.93. The molecule has 6 nitrogen and oxygen atoms in total. The van der Waals surface area contributed by atoms with Crippen LogP contribution in [0.2, 0.25) is 0 Å². The summed E-state index contributed by atoms with van der Waals surface area (Å²) >= 11 is 0. The first-order valence-electron chi connectivity index (χ1n) is 7.81. The lowest BCUT2D eigenvalue weighted by atomic mass is 10.1. The first-order chi connectivity index (χ1) is 11.4. The summed E-state index contributed by atoms with van der Waals surface area (Å²) < 4.78 is 30.0. The van der Waals surface area contributed by atoms with Crippen LogP contribution in [0.3, 0.4) is 0 Å². The number of likely N-dealkylation sites (N-methyl/N-ethyl adjacent to an activating group) is 2. The molecule has 0 aromatic heterocycles. The predicted octanol–water partition coefficient (Wildman–Crippen LogP) is 1.63. The van der Waals surface area contributed by atoms with Crippen LogP contribution in [0.25, 0.3) is 0 Å². The van der Waals surface area contributed by atoms with E-state index in [0.29, 0.717) is 12.3 Å². The van der Waals surface area contributed by atoms with Gasteiger partial charge in [-0.15, -0.1) is 0 Å². The van der Waals surface area contributed by atoms with Crippen molar-refractivity contribution in [2.45, 2.75) is 18.6 Å². The van der Waals surface area contributed by atoms with Gasteiger partial charge in [-0.1, -0.05) is 0 Å². The maximum Gasteiger partial charge on any atom is 0.260 e. The number of likely N-dealkylation sites (tertiary alicyclic amines) is 1. The molecule has 2 rings (SSSR count).